The summed E-state index contributed by atoms with van der Waals surface area (Å²) >= 11 is 0. The highest BCUT2D eigenvalue weighted by Gasteiger charge is 2.38. The van der Waals surface area contributed by atoms with Gasteiger partial charge in [-0.2, -0.15) is 0 Å². The number of anilines is 1. The van der Waals surface area contributed by atoms with Gasteiger partial charge in [0.15, 0.2) is 17.5 Å². The molecule has 0 bridgehead atoms. The van der Waals surface area contributed by atoms with Crippen LogP contribution in [0.5, 0.6) is 0 Å². The number of carbonyl (C=O) groups is 2. The standard InChI is InChI=1S/C18H17F2N5O2/c1-18(9-14(26)25(2)17(21)24-18)11-8-10(5-6-12(11)19)23-16(27)15-13(20)4-3-7-22-15/h3-8H,9H2,1-2H3,(H2,21,24)(H,23,27). The van der Waals surface area contributed by atoms with E-state index in [0.29, 0.717) is 0 Å². The quantitative estimate of drug-likeness (QED) is 0.859. The third-order valence-electron chi connectivity index (χ3n) is 4.35. The van der Waals surface area contributed by atoms with Crippen LogP contribution in [0.4, 0.5) is 14.5 Å². The summed E-state index contributed by atoms with van der Waals surface area (Å²) in [7, 11) is 1.48. The van der Waals surface area contributed by atoms with E-state index >= 15 is 0 Å². The molecule has 3 rings (SSSR count). The van der Waals surface area contributed by atoms with E-state index in [0.717, 1.165) is 12.1 Å². The predicted octanol–water partition coefficient (Wildman–Crippen LogP) is 2.00. The van der Waals surface area contributed by atoms with E-state index in [-0.39, 0.29) is 35.2 Å². The average molecular weight is 373 g/mol. The summed E-state index contributed by atoms with van der Waals surface area (Å²) in [5.74, 6) is -2.50. The Morgan fingerprint density at radius 3 is 2.70 bits per heavy atom. The van der Waals surface area contributed by atoms with Crippen molar-refractivity contribution in [1.29, 1.82) is 0 Å². The van der Waals surface area contributed by atoms with Gasteiger partial charge in [0.05, 0.1) is 12.0 Å². The van der Waals surface area contributed by atoms with Crippen LogP contribution in [-0.2, 0) is 10.3 Å². The molecule has 0 spiro atoms. The van der Waals surface area contributed by atoms with Crippen LogP contribution in [0.25, 0.3) is 0 Å². The number of hydrogen-bond acceptors (Lipinski definition) is 5. The zero-order valence-corrected chi connectivity index (χ0v) is 14.7. The van der Waals surface area contributed by atoms with Crippen molar-refractivity contribution >= 4 is 23.5 Å². The van der Waals surface area contributed by atoms with Crippen molar-refractivity contribution in [2.24, 2.45) is 10.7 Å². The first-order valence-corrected chi connectivity index (χ1v) is 8.05. The molecular formula is C18H17F2N5O2. The van der Waals surface area contributed by atoms with Gasteiger partial charge in [0.2, 0.25) is 5.91 Å². The largest absolute Gasteiger partial charge is 0.369 e. The molecule has 1 aromatic carbocycles. The molecule has 1 aromatic heterocycles. The van der Waals surface area contributed by atoms with Gasteiger partial charge in [0, 0.05) is 24.5 Å². The number of aliphatic imine (C=N–C) groups is 1. The van der Waals surface area contributed by atoms with Crippen molar-refractivity contribution in [3.8, 4) is 0 Å². The Bertz CT molecular complexity index is 963. The first-order chi connectivity index (χ1) is 12.7. The maximum Gasteiger partial charge on any atom is 0.277 e. The number of nitrogens with one attached hydrogen (secondary N) is 1. The van der Waals surface area contributed by atoms with Crippen molar-refractivity contribution in [3.05, 3.63) is 59.4 Å². The number of pyridine rings is 1. The molecule has 2 amide bonds. The lowest BCUT2D eigenvalue weighted by Crippen LogP contribution is -2.47. The normalized spacial score (nSPS) is 19.6. The van der Waals surface area contributed by atoms with Crippen molar-refractivity contribution < 1.29 is 18.4 Å². The molecule has 2 heterocycles. The highest BCUT2D eigenvalue weighted by molar-refractivity contribution is 6.03. The second-order valence-corrected chi connectivity index (χ2v) is 6.36. The van der Waals surface area contributed by atoms with E-state index in [1.165, 1.54) is 36.3 Å². The van der Waals surface area contributed by atoms with Crippen LogP contribution in [0.1, 0.15) is 29.4 Å². The summed E-state index contributed by atoms with van der Waals surface area (Å²) in [5, 5.41) is 2.47. The fourth-order valence-corrected chi connectivity index (χ4v) is 2.82. The Morgan fingerprint density at radius 1 is 1.30 bits per heavy atom. The molecule has 1 aliphatic heterocycles. The Labute approximate surface area is 153 Å². The molecule has 0 saturated carbocycles. The minimum Gasteiger partial charge on any atom is -0.369 e. The summed E-state index contributed by atoms with van der Waals surface area (Å²) in [6.07, 6.45) is 1.20. The molecule has 0 saturated heterocycles. The first kappa shape index (κ1) is 18.4. The lowest BCUT2D eigenvalue weighted by atomic mass is 9.87. The van der Waals surface area contributed by atoms with Crippen molar-refractivity contribution in [2.75, 3.05) is 12.4 Å². The molecule has 3 N–H and O–H groups in total. The molecule has 1 atom stereocenters. The SMILES string of the molecule is CN1C(=O)CC(C)(c2cc(NC(=O)c3ncccc3F)ccc2F)N=C1N. The van der Waals surface area contributed by atoms with Gasteiger partial charge in [-0.3, -0.25) is 14.5 Å². The molecule has 0 fully saturated rings. The van der Waals surface area contributed by atoms with E-state index in [1.54, 1.807) is 6.92 Å². The van der Waals surface area contributed by atoms with Crippen LogP contribution in [0.15, 0.2) is 41.5 Å². The molecule has 0 aliphatic carbocycles. The lowest BCUT2D eigenvalue weighted by molar-refractivity contribution is -0.128. The molecular weight excluding hydrogens is 356 g/mol. The maximum atomic E-state index is 14.5. The van der Waals surface area contributed by atoms with Crippen LogP contribution < -0.4 is 11.1 Å². The molecule has 9 heteroatoms. The second kappa shape index (κ2) is 6.75. The van der Waals surface area contributed by atoms with Crippen LogP contribution in [0.2, 0.25) is 0 Å². The van der Waals surface area contributed by atoms with Gasteiger partial charge in [0.25, 0.3) is 5.91 Å². The van der Waals surface area contributed by atoms with Crippen LogP contribution in [0, 0.1) is 11.6 Å². The number of guanidine groups is 1. The number of carbonyl (C=O) groups excluding carboxylic acids is 2. The number of halogens is 2. The summed E-state index contributed by atoms with van der Waals surface area (Å²) < 4.78 is 28.2. The van der Waals surface area contributed by atoms with E-state index in [9.17, 15) is 18.4 Å². The maximum absolute atomic E-state index is 14.5. The molecule has 27 heavy (non-hydrogen) atoms. The fraction of sp³-hybridized carbons (Fsp3) is 0.222. The Balaban J connectivity index is 1.95. The highest BCUT2D eigenvalue weighted by atomic mass is 19.1. The van der Waals surface area contributed by atoms with Gasteiger partial charge in [-0.05, 0) is 37.3 Å². The zero-order valence-electron chi connectivity index (χ0n) is 14.7. The minimum atomic E-state index is -1.23. The van der Waals surface area contributed by atoms with Crippen molar-refractivity contribution in [1.82, 2.24) is 9.88 Å². The predicted molar refractivity (Wildman–Crippen MR) is 94.9 cm³/mol. The number of hydrogen-bond donors (Lipinski definition) is 2. The van der Waals surface area contributed by atoms with Gasteiger partial charge >= 0.3 is 0 Å². The van der Waals surface area contributed by atoms with Crippen LogP contribution in [0.3, 0.4) is 0 Å². The van der Waals surface area contributed by atoms with Gasteiger partial charge in [-0.15, -0.1) is 0 Å². The molecule has 140 valence electrons. The number of amides is 2. The van der Waals surface area contributed by atoms with E-state index < -0.39 is 23.1 Å². The fourth-order valence-electron chi connectivity index (χ4n) is 2.82. The molecule has 2 aromatic rings. The van der Waals surface area contributed by atoms with Crippen molar-refractivity contribution in [3.63, 3.8) is 0 Å². The van der Waals surface area contributed by atoms with Gasteiger partial charge in [-0.1, -0.05) is 0 Å². The second-order valence-electron chi connectivity index (χ2n) is 6.36. The monoisotopic (exact) mass is 373 g/mol. The number of rotatable bonds is 3. The molecule has 0 radical (unpaired) electrons. The summed E-state index contributed by atoms with van der Waals surface area (Å²) in [4.78, 5) is 33.5. The van der Waals surface area contributed by atoms with Crippen molar-refractivity contribution in [2.45, 2.75) is 18.9 Å². The first-order valence-electron chi connectivity index (χ1n) is 8.05. The number of aromatic nitrogens is 1. The third-order valence-corrected chi connectivity index (χ3v) is 4.35. The Hall–Kier alpha value is -3.36. The number of nitrogens with two attached hydrogens (primary N) is 1. The number of benzene rings is 1. The summed E-state index contributed by atoms with van der Waals surface area (Å²) in [5.41, 5.74) is 4.45. The van der Waals surface area contributed by atoms with Gasteiger partial charge < -0.3 is 11.1 Å². The third kappa shape index (κ3) is 3.48. The van der Waals surface area contributed by atoms with E-state index in [2.05, 4.69) is 15.3 Å². The van der Waals surface area contributed by atoms with Crippen LogP contribution >= 0.6 is 0 Å². The molecule has 1 aliphatic rings. The van der Waals surface area contributed by atoms with Crippen LogP contribution in [-0.4, -0.2) is 34.7 Å². The van der Waals surface area contributed by atoms with E-state index in [4.69, 9.17) is 5.73 Å². The lowest BCUT2D eigenvalue weighted by Gasteiger charge is -2.34. The zero-order chi connectivity index (χ0) is 19.8. The van der Waals surface area contributed by atoms with E-state index in [1.807, 2.05) is 0 Å². The summed E-state index contributed by atoms with van der Waals surface area (Å²) in [6, 6.07) is 6.29. The smallest absolute Gasteiger partial charge is 0.277 e. The molecule has 7 nitrogen and oxygen atoms in total. The van der Waals surface area contributed by atoms with Gasteiger partial charge in [-0.25, -0.2) is 18.8 Å². The summed E-state index contributed by atoms with van der Waals surface area (Å²) in [6.45, 7) is 1.58. The highest BCUT2D eigenvalue weighted by Crippen LogP contribution is 2.35. The Morgan fingerprint density at radius 2 is 2.04 bits per heavy atom. The minimum absolute atomic E-state index is 0.0295. The average Bonchev–Trinajstić information content (AvgIpc) is 2.61. The van der Waals surface area contributed by atoms with Gasteiger partial charge in [0.1, 0.15) is 5.82 Å². The number of nitrogens with zero attached hydrogens (tertiary/aromatic N) is 3. The Kier molecular flexibility index (Phi) is 4.61. The molecule has 1 unspecified atom stereocenters. The topological polar surface area (TPSA) is 101 Å².